The number of nitrogens with one attached hydrogen (secondary N) is 1. The van der Waals surface area contributed by atoms with Crippen molar-refractivity contribution in [3.05, 3.63) is 28.2 Å². The first-order valence-electron chi connectivity index (χ1n) is 6.37. The van der Waals surface area contributed by atoms with Gasteiger partial charge in [-0.15, -0.1) is 0 Å². The maximum Gasteiger partial charge on any atom is 0.306 e. The van der Waals surface area contributed by atoms with Crippen molar-refractivity contribution in [3.63, 3.8) is 0 Å². The number of benzene rings is 1. The predicted octanol–water partition coefficient (Wildman–Crippen LogP) is 2.31. The molecule has 1 aliphatic rings. The Labute approximate surface area is 121 Å². The summed E-state index contributed by atoms with van der Waals surface area (Å²) >= 11 is 3.46. The van der Waals surface area contributed by atoms with Crippen molar-refractivity contribution in [2.45, 2.75) is 12.8 Å². The van der Waals surface area contributed by atoms with Crippen LogP contribution in [-0.2, 0) is 11.2 Å². The van der Waals surface area contributed by atoms with E-state index in [1.807, 2.05) is 12.1 Å². The third kappa shape index (κ3) is 3.94. The van der Waals surface area contributed by atoms with Crippen LogP contribution in [0.2, 0.25) is 0 Å². The molecule has 4 nitrogen and oxygen atoms in total. The van der Waals surface area contributed by atoms with E-state index in [9.17, 15) is 4.79 Å². The molecule has 1 aliphatic carbocycles. The first-order chi connectivity index (χ1) is 9.11. The number of carboxylic acid groups (broad SMARTS) is 1. The molecule has 0 bridgehead atoms. The van der Waals surface area contributed by atoms with Gasteiger partial charge in [0.25, 0.3) is 0 Å². The van der Waals surface area contributed by atoms with Crippen molar-refractivity contribution >= 4 is 21.9 Å². The summed E-state index contributed by atoms with van der Waals surface area (Å²) in [6.07, 6.45) is 1.74. The summed E-state index contributed by atoms with van der Waals surface area (Å²) in [5.74, 6) is 0.368. The fourth-order valence-electron chi connectivity index (χ4n) is 2.16. The van der Waals surface area contributed by atoms with E-state index in [0.29, 0.717) is 5.92 Å². The Morgan fingerprint density at radius 3 is 2.95 bits per heavy atom. The van der Waals surface area contributed by atoms with E-state index in [2.05, 4.69) is 27.3 Å². The Hall–Kier alpha value is -1.07. The van der Waals surface area contributed by atoms with Crippen LogP contribution in [0.25, 0.3) is 0 Å². The molecule has 0 spiro atoms. The molecule has 5 heteroatoms. The van der Waals surface area contributed by atoms with E-state index < -0.39 is 5.97 Å². The molecule has 0 aromatic heterocycles. The van der Waals surface area contributed by atoms with Crippen molar-refractivity contribution in [2.24, 2.45) is 11.8 Å². The zero-order valence-electron chi connectivity index (χ0n) is 10.9. The highest BCUT2D eigenvalue weighted by Gasteiger charge is 2.42. The third-order valence-corrected chi connectivity index (χ3v) is 4.07. The number of ether oxygens (including phenoxy) is 1. The van der Waals surface area contributed by atoms with Gasteiger partial charge in [0.1, 0.15) is 5.75 Å². The average molecular weight is 328 g/mol. The topological polar surface area (TPSA) is 58.6 Å². The zero-order chi connectivity index (χ0) is 13.8. The van der Waals surface area contributed by atoms with Crippen LogP contribution in [0.3, 0.4) is 0 Å². The Balaban J connectivity index is 1.69. The number of carboxylic acids is 1. The van der Waals surface area contributed by atoms with Crippen molar-refractivity contribution < 1.29 is 14.6 Å². The summed E-state index contributed by atoms with van der Waals surface area (Å²) in [7, 11) is 1.65. The summed E-state index contributed by atoms with van der Waals surface area (Å²) in [6, 6.07) is 6.04. The van der Waals surface area contributed by atoms with Gasteiger partial charge in [0, 0.05) is 0 Å². The predicted molar refractivity (Wildman–Crippen MR) is 76.5 cm³/mol. The Kier molecular flexibility index (Phi) is 4.82. The number of rotatable bonds is 7. The SMILES string of the molecule is COc1ccc(CCNCC2CC2C(=O)O)cc1Br. The highest BCUT2D eigenvalue weighted by atomic mass is 79.9. The molecule has 1 fully saturated rings. The lowest BCUT2D eigenvalue weighted by atomic mass is 10.1. The molecule has 0 radical (unpaired) electrons. The lowest BCUT2D eigenvalue weighted by Gasteiger charge is -2.07. The minimum absolute atomic E-state index is 0.123. The van der Waals surface area contributed by atoms with Crippen LogP contribution in [0.1, 0.15) is 12.0 Å². The van der Waals surface area contributed by atoms with E-state index in [-0.39, 0.29) is 5.92 Å². The van der Waals surface area contributed by atoms with Crippen LogP contribution >= 0.6 is 15.9 Å². The molecule has 2 rings (SSSR count). The van der Waals surface area contributed by atoms with Crippen LogP contribution in [0.15, 0.2) is 22.7 Å². The van der Waals surface area contributed by atoms with Crippen LogP contribution in [0.5, 0.6) is 5.75 Å². The number of aliphatic carboxylic acids is 1. The van der Waals surface area contributed by atoms with Gasteiger partial charge in [-0.25, -0.2) is 0 Å². The summed E-state index contributed by atoms with van der Waals surface area (Å²) in [4.78, 5) is 10.7. The second kappa shape index (κ2) is 6.39. The Bertz CT molecular complexity index is 464. The number of halogens is 1. The summed E-state index contributed by atoms with van der Waals surface area (Å²) < 4.78 is 6.14. The zero-order valence-corrected chi connectivity index (χ0v) is 12.4. The second-order valence-corrected chi connectivity index (χ2v) is 5.72. The molecule has 1 aromatic rings. The highest BCUT2D eigenvalue weighted by Crippen LogP contribution is 2.37. The first kappa shape index (κ1) is 14.3. The van der Waals surface area contributed by atoms with Crippen molar-refractivity contribution in [2.75, 3.05) is 20.2 Å². The molecule has 2 N–H and O–H groups in total. The van der Waals surface area contributed by atoms with Gasteiger partial charge in [-0.3, -0.25) is 4.79 Å². The molecule has 0 saturated heterocycles. The maximum absolute atomic E-state index is 10.7. The molecule has 0 heterocycles. The maximum atomic E-state index is 10.7. The molecule has 1 aromatic carbocycles. The molecule has 2 unspecified atom stereocenters. The van der Waals surface area contributed by atoms with E-state index in [4.69, 9.17) is 9.84 Å². The summed E-state index contributed by atoms with van der Waals surface area (Å²) in [6.45, 7) is 1.66. The fourth-order valence-corrected chi connectivity index (χ4v) is 2.75. The van der Waals surface area contributed by atoms with Gasteiger partial charge in [0.15, 0.2) is 0 Å². The van der Waals surface area contributed by atoms with Crippen molar-refractivity contribution in [3.8, 4) is 5.75 Å². The average Bonchev–Trinajstić information content (AvgIpc) is 3.14. The van der Waals surface area contributed by atoms with Crippen LogP contribution in [0, 0.1) is 11.8 Å². The van der Waals surface area contributed by atoms with E-state index in [0.717, 1.165) is 36.2 Å². The van der Waals surface area contributed by atoms with Gasteiger partial charge >= 0.3 is 5.97 Å². The Morgan fingerprint density at radius 1 is 1.58 bits per heavy atom. The molecule has 1 saturated carbocycles. The van der Waals surface area contributed by atoms with Gasteiger partial charge in [-0.05, 0) is 65.5 Å². The molecule has 19 heavy (non-hydrogen) atoms. The number of methoxy groups -OCH3 is 1. The molecule has 104 valence electrons. The summed E-state index contributed by atoms with van der Waals surface area (Å²) in [5, 5.41) is 12.1. The largest absolute Gasteiger partial charge is 0.496 e. The van der Waals surface area contributed by atoms with Gasteiger partial charge in [-0.1, -0.05) is 6.07 Å². The highest BCUT2D eigenvalue weighted by molar-refractivity contribution is 9.10. The number of hydrogen-bond donors (Lipinski definition) is 2. The number of carbonyl (C=O) groups is 1. The van der Waals surface area contributed by atoms with E-state index in [1.54, 1.807) is 7.11 Å². The number of hydrogen-bond acceptors (Lipinski definition) is 3. The summed E-state index contributed by atoms with van der Waals surface area (Å²) in [5.41, 5.74) is 1.23. The van der Waals surface area contributed by atoms with Crippen LogP contribution < -0.4 is 10.1 Å². The Morgan fingerprint density at radius 2 is 2.37 bits per heavy atom. The monoisotopic (exact) mass is 327 g/mol. The van der Waals surface area contributed by atoms with Gasteiger partial charge < -0.3 is 15.2 Å². The molecular formula is C14H18BrNO3. The van der Waals surface area contributed by atoms with Gasteiger partial charge in [0.2, 0.25) is 0 Å². The third-order valence-electron chi connectivity index (χ3n) is 3.45. The minimum atomic E-state index is -0.661. The van der Waals surface area contributed by atoms with Crippen molar-refractivity contribution in [1.29, 1.82) is 0 Å². The standard InChI is InChI=1S/C14H18BrNO3/c1-19-13-3-2-9(6-12(13)15)4-5-16-8-10-7-11(10)14(17)18/h2-3,6,10-11,16H,4-5,7-8H2,1H3,(H,17,18). The fraction of sp³-hybridized carbons (Fsp3) is 0.500. The van der Waals surface area contributed by atoms with Crippen LogP contribution in [0.4, 0.5) is 0 Å². The van der Waals surface area contributed by atoms with Crippen LogP contribution in [-0.4, -0.2) is 31.3 Å². The smallest absolute Gasteiger partial charge is 0.306 e. The normalized spacial score (nSPS) is 21.2. The molecular weight excluding hydrogens is 310 g/mol. The molecule has 2 atom stereocenters. The molecule has 0 aliphatic heterocycles. The molecule has 0 amide bonds. The first-order valence-corrected chi connectivity index (χ1v) is 7.17. The minimum Gasteiger partial charge on any atom is -0.496 e. The second-order valence-electron chi connectivity index (χ2n) is 4.86. The van der Waals surface area contributed by atoms with Gasteiger partial charge in [-0.2, -0.15) is 0 Å². The quantitative estimate of drug-likeness (QED) is 0.754. The lowest BCUT2D eigenvalue weighted by molar-refractivity contribution is -0.138. The lowest BCUT2D eigenvalue weighted by Crippen LogP contribution is -2.21. The van der Waals surface area contributed by atoms with Crippen molar-refractivity contribution in [1.82, 2.24) is 5.32 Å². The van der Waals surface area contributed by atoms with E-state index in [1.165, 1.54) is 5.56 Å². The van der Waals surface area contributed by atoms with Gasteiger partial charge in [0.05, 0.1) is 17.5 Å². The van der Waals surface area contributed by atoms with E-state index >= 15 is 0 Å².